The van der Waals surface area contributed by atoms with Gasteiger partial charge in [0.05, 0.1) is 5.60 Å². The maximum absolute atomic E-state index is 11.6. The fourth-order valence-electron chi connectivity index (χ4n) is 1.28. The third-order valence-electron chi connectivity index (χ3n) is 3.18. The first kappa shape index (κ1) is 10.7. The van der Waals surface area contributed by atoms with Crippen LogP contribution in [0.3, 0.4) is 0 Å². The number of carbonyl (C=O) groups excluding carboxylic acids is 1. The molecule has 2 heteroatoms. The number of Topliss-reactive ketones (excluding diaryl/α,β-unsaturated/α-hetero) is 1. The minimum atomic E-state index is -0.152. The molecule has 0 aromatic carbocycles. The van der Waals surface area contributed by atoms with Crippen LogP contribution >= 0.6 is 0 Å². The van der Waals surface area contributed by atoms with Crippen molar-refractivity contribution in [3.05, 3.63) is 0 Å². The minimum Gasteiger partial charge on any atom is -0.379 e. The summed E-state index contributed by atoms with van der Waals surface area (Å²) in [4.78, 5) is 11.6. The first-order valence-electron chi connectivity index (χ1n) is 4.98. The predicted octanol–water partition coefficient (Wildman–Crippen LogP) is 2.56. The lowest BCUT2D eigenvalue weighted by molar-refractivity contribution is -0.125. The third kappa shape index (κ3) is 2.80. The zero-order valence-electron chi connectivity index (χ0n) is 9.14. The Labute approximate surface area is 80.7 Å². The molecule has 1 rings (SSSR count). The summed E-state index contributed by atoms with van der Waals surface area (Å²) in [7, 11) is 1.70. The zero-order valence-corrected chi connectivity index (χ0v) is 9.14. The van der Waals surface area contributed by atoms with Gasteiger partial charge >= 0.3 is 0 Å². The van der Waals surface area contributed by atoms with Crippen LogP contribution in [0.25, 0.3) is 0 Å². The van der Waals surface area contributed by atoms with Crippen LogP contribution in [0.5, 0.6) is 0 Å². The van der Waals surface area contributed by atoms with Crippen LogP contribution in [-0.4, -0.2) is 18.5 Å². The van der Waals surface area contributed by atoms with E-state index in [9.17, 15) is 4.79 Å². The van der Waals surface area contributed by atoms with E-state index in [4.69, 9.17) is 4.74 Å². The van der Waals surface area contributed by atoms with Crippen LogP contribution < -0.4 is 0 Å². The van der Waals surface area contributed by atoms with Crippen molar-refractivity contribution >= 4 is 5.78 Å². The molecule has 0 aliphatic heterocycles. The number of carbonyl (C=O) groups is 1. The van der Waals surface area contributed by atoms with Gasteiger partial charge in [0.25, 0.3) is 0 Å². The number of ketones is 1. The van der Waals surface area contributed by atoms with E-state index in [1.54, 1.807) is 7.11 Å². The molecule has 0 amide bonds. The summed E-state index contributed by atoms with van der Waals surface area (Å²) in [5, 5.41) is 0. The Bertz CT molecular complexity index is 202. The van der Waals surface area contributed by atoms with Crippen molar-refractivity contribution in [2.45, 2.75) is 52.1 Å². The van der Waals surface area contributed by atoms with Crippen LogP contribution in [0.2, 0.25) is 0 Å². The topological polar surface area (TPSA) is 26.3 Å². The summed E-state index contributed by atoms with van der Waals surface area (Å²) >= 11 is 0. The van der Waals surface area contributed by atoms with E-state index in [0.29, 0.717) is 12.2 Å². The highest BCUT2D eigenvalue weighted by atomic mass is 16.5. The van der Waals surface area contributed by atoms with Gasteiger partial charge in [-0.15, -0.1) is 0 Å². The van der Waals surface area contributed by atoms with Gasteiger partial charge in [0.1, 0.15) is 5.78 Å². The van der Waals surface area contributed by atoms with E-state index >= 15 is 0 Å². The molecule has 0 bridgehead atoms. The molecule has 13 heavy (non-hydrogen) atoms. The van der Waals surface area contributed by atoms with Crippen molar-refractivity contribution in [1.82, 2.24) is 0 Å². The molecular weight excluding hydrogens is 164 g/mol. The molecule has 0 unspecified atom stereocenters. The molecule has 1 aliphatic carbocycles. The van der Waals surface area contributed by atoms with Crippen molar-refractivity contribution in [3.8, 4) is 0 Å². The van der Waals surface area contributed by atoms with Crippen LogP contribution in [0.4, 0.5) is 0 Å². The molecule has 1 aliphatic rings. The summed E-state index contributed by atoms with van der Waals surface area (Å²) in [6.07, 6.45) is 3.66. The maximum Gasteiger partial charge on any atom is 0.138 e. The molecule has 0 saturated heterocycles. The molecule has 0 N–H and O–H groups in total. The van der Waals surface area contributed by atoms with E-state index in [2.05, 4.69) is 6.92 Å². The van der Waals surface area contributed by atoms with Gasteiger partial charge in [-0.25, -0.2) is 0 Å². The number of methoxy groups -OCH3 is 1. The second-order valence-electron chi connectivity index (χ2n) is 4.95. The molecule has 1 saturated carbocycles. The largest absolute Gasteiger partial charge is 0.379 e. The van der Waals surface area contributed by atoms with Gasteiger partial charge in [-0.1, -0.05) is 6.92 Å². The van der Waals surface area contributed by atoms with E-state index < -0.39 is 0 Å². The molecule has 0 aromatic heterocycles. The number of ether oxygens (including phenoxy) is 1. The van der Waals surface area contributed by atoms with Crippen molar-refractivity contribution in [2.75, 3.05) is 7.11 Å². The first-order valence-corrected chi connectivity index (χ1v) is 4.98. The van der Waals surface area contributed by atoms with Gasteiger partial charge in [-0.2, -0.15) is 0 Å². The molecule has 76 valence electrons. The molecule has 0 heterocycles. The van der Waals surface area contributed by atoms with E-state index in [1.165, 1.54) is 0 Å². The molecule has 0 spiro atoms. The molecular formula is C11H20O2. The normalized spacial score (nSPS) is 20.0. The monoisotopic (exact) mass is 184 g/mol. The van der Waals surface area contributed by atoms with Crippen LogP contribution in [0, 0.1) is 5.41 Å². The fourth-order valence-corrected chi connectivity index (χ4v) is 1.28. The Morgan fingerprint density at radius 2 is 2.00 bits per heavy atom. The molecule has 1 fully saturated rings. The van der Waals surface area contributed by atoms with Crippen molar-refractivity contribution in [2.24, 2.45) is 5.41 Å². The lowest BCUT2D eigenvalue weighted by atomic mass is 9.94. The van der Waals surface area contributed by atoms with Crippen LogP contribution in [0.1, 0.15) is 46.5 Å². The zero-order chi connectivity index (χ0) is 10.1. The SMILES string of the molecule is COC(C)(C)CCC(=O)C1(C)CC1. The summed E-state index contributed by atoms with van der Waals surface area (Å²) in [5.41, 5.74) is -0.120. The van der Waals surface area contributed by atoms with Gasteiger partial charge in [-0.05, 0) is 33.1 Å². The highest BCUT2D eigenvalue weighted by Crippen LogP contribution is 2.47. The lowest BCUT2D eigenvalue weighted by Gasteiger charge is -2.22. The standard InChI is InChI=1S/C11H20O2/c1-10(2,13-4)6-5-9(12)11(3)7-8-11/h5-8H2,1-4H3. The molecule has 0 aromatic rings. The Morgan fingerprint density at radius 3 is 2.38 bits per heavy atom. The quantitative estimate of drug-likeness (QED) is 0.656. The van der Waals surface area contributed by atoms with Crippen LogP contribution in [0.15, 0.2) is 0 Å². The summed E-state index contributed by atoms with van der Waals surface area (Å²) in [6.45, 7) is 6.11. The van der Waals surface area contributed by atoms with Gasteiger partial charge in [-0.3, -0.25) is 4.79 Å². The number of rotatable bonds is 5. The van der Waals surface area contributed by atoms with Gasteiger partial charge < -0.3 is 4.74 Å². The highest BCUT2D eigenvalue weighted by molar-refractivity contribution is 5.86. The van der Waals surface area contributed by atoms with E-state index in [0.717, 1.165) is 19.3 Å². The molecule has 2 nitrogen and oxygen atoms in total. The third-order valence-corrected chi connectivity index (χ3v) is 3.18. The van der Waals surface area contributed by atoms with Crippen molar-refractivity contribution in [3.63, 3.8) is 0 Å². The summed E-state index contributed by atoms with van der Waals surface area (Å²) in [5.74, 6) is 0.414. The smallest absolute Gasteiger partial charge is 0.138 e. The van der Waals surface area contributed by atoms with Crippen molar-refractivity contribution in [1.29, 1.82) is 0 Å². The summed E-state index contributed by atoms with van der Waals surface area (Å²) < 4.78 is 5.27. The highest BCUT2D eigenvalue weighted by Gasteiger charge is 2.44. The number of hydrogen-bond donors (Lipinski definition) is 0. The average Bonchev–Trinajstić information content (AvgIpc) is 2.81. The molecule has 0 atom stereocenters. The maximum atomic E-state index is 11.6. The average molecular weight is 184 g/mol. The van der Waals surface area contributed by atoms with Gasteiger partial charge in [0, 0.05) is 18.9 Å². The molecule has 0 radical (unpaired) electrons. The second kappa shape index (κ2) is 3.41. The minimum absolute atomic E-state index is 0.0316. The Morgan fingerprint density at radius 1 is 1.46 bits per heavy atom. The number of hydrogen-bond acceptors (Lipinski definition) is 2. The fraction of sp³-hybridized carbons (Fsp3) is 0.909. The predicted molar refractivity (Wildman–Crippen MR) is 52.7 cm³/mol. The van der Waals surface area contributed by atoms with Crippen molar-refractivity contribution < 1.29 is 9.53 Å². The van der Waals surface area contributed by atoms with E-state index in [-0.39, 0.29) is 11.0 Å². The Hall–Kier alpha value is -0.370. The lowest BCUT2D eigenvalue weighted by Crippen LogP contribution is -2.25. The summed E-state index contributed by atoms with van der Waals surface area (Å²) in [6, 6.07) is 0. The van der Waals surface area contributed by atoms with Gasteiger partial charge in [0.2, 0.25) is 0 Å². The van der Waals surface area contributed by atoms with E-state index in [1.807, 2.05) is 13.8 Å². The Kier molecular flexibility index (Phi) is 2.81. The van der Waals surface area contributed by atoms with Gasteiger partial charge in [0.15, 0.2) is 0 Å². The Balaban J connectivity index is 2.30. The first-order chi connectivity index (χ1) is 5.90. The second-order valence-corrected chi connectivity index (χ2v) is 4.95. The van der Waals surface area contributed by atoms with Crippen LogP contribution in [-0.2, 0) is 9.53 Å².